The third kappa shape index (κ3) is 2.68. The molecule has 0 amide bonds. The van der Waals surface area contributed by atoms with Crippen LogP contribution in [0.15, 0.2) is 34.1 Å². The molecule has 0 saturated carbocycles. The van der Waals surface area contributed by atoms with E-state index in [2.05, 4.69) is 15.9 Å². The molecule has 0 fully saturated rings. The Labute approximate surface area is 104 Å². The monoisotopic (exact) mass is 300 g/mol. The lowest BCUT2D eigenvalue weighted by atomic mass is 10.3. The maximum absolute atomic E-state index is 13.0. The summed E-state index contributed by atoms with van der Waals surface area (Å²) in [5.41, 5.74) is 0. The minimum atomic E-state index is -0.379. The number of ether oxygens (including phenoxy) is 1. The molecule has 0 aliphatic rings. The van der Waals surface area contributed by atoms with Crippen LogP contribution in [0.4, 0.5) is 4.39 Å². The predicted molar refractivity (Wildman–Crippen MR) is 63.9 cm³/mol. The average molecular weight is 301 g/mol. The van der Waals surface area contributed by atoms with Crippen LogP contribution in [0.25, 0.3) is 0 Å². The van der Waals surface area contributed by atoms with Crippen molar-refractivity contribution in [2.75, 3.05) is 0 Å². The van der Waals surface area contributed by atoms with Gasteiger partial charge < -0.3 is 4.74 Å². The van der Waals surface area contributed by atoms with E-state index in [1.165, 1.54) is 23.5 Å². The van der Waals surface area contributed by atoms with Crippen molar-refractivity contribution >= 4 is 33.6 Å². The van der Waals surface area contributed by atoms with Crippen LogP contribution in [-0.2, 0) is 0 Å². The molecule has 0 saturated heterocycles. The third-order valence-electron chi connectivity index (χ3n) is 1.78. The van der Waals surface area contributed by atoms with Crippen molar-refractivity contribution in [3.8, 4) is 11.5 Å². The van der Waals surface area contributed by atoms with Crippen molar-refractivity contribution in [3.63, 3.8) is 0 Å². The molecule has 0 spiro atoms. The summed E-state index contributed by atoms with van der Waals surface area (Å²) in [5, 5.41) is 1.70. The minimum absolute atomic E-state index is 0.379. The van der Waals surface area contributed by atoms with Crippen LogP contribution in [0.2, 0.25) is 0 Å². The first-order chi connectivity index (χ1) is 7.67. The lowest BCUT2D eigenvalue weighted by molar-refractivity contribution is 0.112. The lowest BCUT2D eigenvalue weighted by Gasteiger charge is -2.03. The Balaban J connectivity index is 2.22. The van der Waals surface area contributed by atoms with Gasteiger partial charge in [0.25, 0.3) is 0 Å². The quantitative estimate of drug-likeness (QED) is 0.792. The van der Waals surface area contributed by atoms with Gasteiger partial charge in [0.05, 0.1) is 4.88 Å². The molecule has 0 radical (unpaired) electrons. The highest BCUT2D eigenvalue weighted by Crippen LogP contribution is 2.28. The van der Waals surface area contributed by atoms with Gasteiger partial charge in [0.1, 0.15) is 17.3 Å². The second kappa shape index (κ2) is 4.76. The number of carbonyl (C=O) groups excluding carboxylic acids is 1. The Morgan fingerprint density at radius 3 is 2.69 bits per heavy atom. The number of hydrogen-bond acceptors (Lipinski definition) is 3. The number of carbonyl (C=O) groups is 1. The van der Waals surface area contributed by atoms with Crippen molar-refractivity contribution in [1.29, 1.82) is 0 Å². The number of hydrogen-bond donors (Lipinski definition) is 0. The van der Waals surface area contributed by atoms with E-state index in [0.717, 1.165) is 6.29 Å². The fraction of sp³-hybridized carbons (Fsp3) is 0. The highest BCUT2D eigenvalue weighted by Gasteiger charge is 2.04. The van der Waals surface area contributed by atoms with E-state index in [9.17, 15) is 9.18 Å². The van der Waals surface area contributed by atoms with Crippen LogP contribution in [0.5, 0.6) is 11.5 Å². The van der Waals surface area contributed by atoms with E-state index in [-0.39, 0.29) is 5.82 Å². The first-order valence-electron chi connectivity index (χ1n) is 4.35. The predicted octanol–water partition coefficient (Wildman–Crippen LogP) is 4.25. The molecule has 2 rings (SSSR count). The van der Waals surface area contributed by atoms with Crippen molar-refractivity contribution in [3.05, 3.63) is 44.8 Å². The van der Waals surface area contributed by atoms with Crippen LogP contribution in [-0.4, -0.2) is 6.29 Å². The number of aldehydes is 1. The van der Waals surface area contributed by atoms with Gasteiger partial charge in [0.15, 0.2) is 6.29 Å². The molecule has 2 aromatic rings. The zero-order chi connectivity index (χ0) is 11.5. The van der Waals surface area contributed by atoms with Gasteiger partial charge in [0, 0.05) is 22.0 Å². The summed E-state index contributed by atoms with van der Waals surface area (Å²) >= 11 is 4.45. The van der Waals surface area contributed by atoms with Crippen LogP contribution < -0.4 is 4.74 Å². The van der Waals surface area contributed by atoms with Gasteiger partial charge in [-0.2, -0.15) is 0 Å². The Kier molecular flexibility index (Phi) is 3.36. The van der Waals surface area contributed by atoms with E-state index in [1.807, 2.05) is 0 Å². The molecular formula is C11H6BrFO2S. The highest BCUT2D eigenvalue weighted by molar-refractivity contribution is 9.10. The number of thiophene rings is 1. The molecular weight excluding hydrogens is 295 g/mol. The van der Waals surface area contributed by atoms with E-state index >= 15 is 0 Å². The van der Waals surface area contributed by atoms with E-state index < -0.39 is 0 Å². The summed E-state index contributed by atoms with van der Waals surface area (Å²) in [6.45, 7) is 0. The second-order valence-electron chi connectivity index (χ2n) is 3.01. The highest BCUT2D eigenvalue weighted by atomic mass is 79.9. The number of halogens is 2. The van der Waals surface area contributed by atoms with Gasteiger partial charge in [-0.1, -0.05) is 15.9 Å². The van der Waals surface area contributed by atoms with Crippen molar-refractivity contribution in [2.45, 2.75) is 0 Å². The molecule has 0 aliphatic heterocycles. The third-order valence-corrected chi connectivity index (χ3v) is 3.08. The molecule has 0 aliphatic carbocycles. The summed E-state index contributed by atoms with van der Waals surface area (Å²) in [6, 6.07) is 5.89. The lowest BCUT2D eigenvalue weighted by Crippen LogP contribution is -1.84. The Morgan fingerprint density at radius 2 is 2.06 bits per heavy atom. The number of benzene rings is 1. The van der Waals surface area contributed by atoms with Crippen molar-refractivity contribution < 1.29 is 13.9 Å². The standard InChI is InChI=1S/C11H6BrFO2S/c12-7-1-8(13)3-9(2-7)15-10-4-11(5-14)16-6-10/h1-6H. The Bertz CT molecular complexity index is 504. The molecule has 82 valence electrons. The summed E-state index contributed by atoms with van der Waals surface area (Å²) in [5.74, 6) is 0.543. The van der Waals surface area contributed by atoms with E-state index in [4.69, 9.17) is 4.74 Å². The molecule has 1 aromatic carbocycles. The fourth-order valence-electron chi connectivity index (χ4n) is 1.17. The molecule has 0 N–H and O–H groups in total. The fourth-order valence-corrected chi connectivity index (χ4v) is 2.23. The van der Waals surface area contributed by atoms with Crippen LogP contribution >= 0.6 is 27.3 Å². The molecule has 2 nitrogen and oxygen atoms in total. The molecule has 0 bridgehead atoms. The Hall–Kier alpha value is -1.20. The van der Waals surface area contributed by atoms with Crippen molar-refractivity contribution in [1.82, 2.24) is 0 Å². The topological polar surface area (TPSA) is 26.3 Å². The van der Waals surface area contributed by atoms with E-state index in [0.29, 0.717) is 20.8 Å². The molecule has 1 heterocycles. The van der Waals surface area contributed by atoms with Gasteiger partial charge in [-0.05, 0) is 12.1 Å². The van der Waals surface area contributed by atoms with Crippen LogP contribution in [0.1, 0.15) is 9.67 Å². The summed E-state index contributed by atoms with van der Waals surface area (Å²) in [6.07, 6.45) is 0.749. The van der Waals surface area contributed by atoms with Gasteiger partial charge in [0.2, 0.25) is 0 Å². The molecule has 16 heavy (non-hydrogen) atoms. The zero-order valence-electron chi connectivity index (χ0n) is 7.94. The van der Waals surface area contributed by atoms with Crippen LogP contribution in [0.3, 0.4) is 0 Å². The average Bonchev–Trinajstić information content (AvgIpc) is 2.64. The van der Waals surface area contributed by atoms with E-state index in [1.54, 1.807) is 17.5 Å². The maximum atomic E-state index is 13.0. The first kappa shape index (κ1) is 11.3. The summed E-state index contributed by atoms with van der Waals surface area (Å²) in [7, 11) is 0. The van der Waals surface area contributed by atoms with Crippen molar-refractivity contribution in [2.24, 2.45) is 0 Å². The van der Waals surface area contributed by atoms with Gasteiger partial charge in [-0.3, -0.25) is 4.79 Å². The Morgan fingerprint density at radius 1 is 1.25 bits per heavy atom. The molecule has 0 unspecified atom stereocenters. The molecule has 0 atom stereocenters. The molecule has 5 heteroatoms. The van der Waals surface area contributed by atoms with Gasteiger partial charge in [-0.25, -0.2) is 4.39 Å². The first-order valence-corrected chi connectivity index (χ1v) is 6.02. The van der Waals surface area contributed by atoms with Gasteiger partial charge in [-0.15, -0.1) is 11.3 Å². The largest absolute Gasteiger partial charge is 0.456 e. The maximum Gasteiger partial charge on any atom is 0.160 e. The second-order valence-corrected chi connectivity index (χ2v) is 4.87. The normalized spacial score (nSPS) is 10.1. The smallest absolute Gasteiger partial charge is 0.160 e. The summed E-state index contributed by atoms with van der Waals surface area (Å²) in [4.78, 5) is 11.0. The molecule has 1 aromatic heterocycles. The zero-order valence-corrected chi connectivity index (χ0v) is 10.3. The SMILES string of the molecule is O=Cc1cc(Oc2cc(F)cc(Br)c2)cs1. The minimum Gasteiger partial charge on any atom is -0.456 e. The summed E-state index contributed by atoms with van der Waals surface area (Å²) < 4.78 is 19.0. The number of rotatable bonds is 3. The van der Waals surface area contributed by atoms with Gasteiger partial charge >= 0.3 is 0 Å². The van der Waals surface area contributed by atoms with Crippen LogP contribution in [0, 0.1) is 5.82 Å².